The van der Waals surface area contributed by atoms with E-state index in [4.69, 9.17) is 20.8 Å². The van der Waals surface area contributed by atoms with E-state index < -0.39 is 5.91 Å². The predicted molar refractivity (Wildman–Crippen MR) is 108 cm³/mol. The maximum atomic E-state index is 12.6. The van der Waals surface area contributed by atoms with Crippen LogP contribution in [0.4, 0.5) is 5.69 Å². The summed E-state index contributed by atoms with van der Waals surface area (Å²) in [6.07, 6.45) is 0. The summed E-state index contributed by atoms with van der Waals surface area (Å²) < 4.78 is 10.5. The third kappa shape index (κ3) is 4.59. The zero-order valence-corrected chi connectivity index (χ0v) is 16.8. The first kappa shape index (κ1) is 20.1. The molecule has 9 heteroatoms. The molecule has 0 saturated heterocycles. The number of amides is 2. The molecule has 0 atom stereocenters. The molecule has 0 saturated carbocycles. The lowest BCUT2D eigenvalue weighted by molar-refractivity contribution is 0.0936. The number of aromatic nitrogens is 1. The number of carbonyl (C=O) groups excluding carboxylic acids is 2. The van der Waals surface area contributed by atoms with Crippen LogP contribution in [0, 0.1) is 6.92 Å². The number of anilines is 1. The Morgan fingerprint density at radius 1 is 1.29 bits per heavy atom. The second kappa shape index (κ2) is 9.01. The molecule has 0 spiro atoms. The fourth-order valence-electron chi connectivity index (χ4n) is 2.44. The summed E-state index contributed by atoms with van der Waals surface area (Å²) in [6.45, 7) is 2.46. The van der Waals surface area contributed by atoms with Crippen molar-refractivity contribution in [3.8, 4) is 10.8 Å². The highest BCUT2D eigenvalue weighted by Crippen LogP contribution is 2.27. The number of rotatable bonds is 7. The molecule has 3 aromatic rings. The van der Waals surface area contributed by atoms with Crippen LogP contribution in [0.5, 0.6) is 0 Å². The van der Waals surface area contributed by atoms with Gasteiger partial charge in [-0.2, -0.15) is 0 Å². The number of ether oxygens (including phenoxy) is 1. The van der Waals surface area contributed by atoms with Crippen LogP contribution in [0.1, 0.15) is 26.6 Å². The Morgan fingerprint density at radius 3 is 2.79 bits per heavy atom. The highest BCUT2D eigenvalue weighted by Gasteiger charge is 2.19. The lowest BCUT2D eigenvalue weighted by atomic mass is 10.2. The first-order chi connectivity index (χ1) is 13.5. The molecule has 3 rings (SSSR count). The lowest BCUT2D eigenvalue weighted by Gasteiger charge is -2.09. The van der Waals surface area contributed by atoms with Gasteiger partial charge in [0.25, 0.3) is 11.8 Å². The van der Waals surface area contributed by atoms with Gasteiger partial charge in [-0.3, -0.25) is 9.59 Å². The van der Waals surface area contributed by atoms with E-state index in [-0.39, 0.29) is 16.6 Å². The van der Waals surface area contributed by atoms with Crippen molar-refractivity contribution in [3.05, 3.63) is 57.8 Å². The monoisotopic (exact) mass is 419 g/mol. The Kier molecular flexibility index (Phi) is 6.45. The number of methoxy groups -OCH3 is 1. The number of hydrogen-bond acceptors (Lipinski definition) is 6. The van der Waals surface area contributed by atoms with Gasteiger partial charge < -0.3 is 19.8 Å². The van der Waals surface area contributed by atoms with Crippen molar-refractivity contribution in [2.24, 2.45) is 0 Å². The average Bonchev–Trinajstić information content (AvgIpc) is 3.31. The van der Waals surface area contributed by atoms with Crippen LogP contribution < -0.4 is 10.6 Å². The summed E-state index contributed by atoms with van der Waals surface area (Å²) in [5.74, 6) is 0.0881. The summed E-state index contributed by atoms with van der Waals surface area (Å²) in [5, 5.41) is 7.55. The molecule has 0 fully saturated rings. The Labute approximate surface area is 170 Å². The van der Waals surface area contributed by atoms with Crippen LogP contribution in [0.2, 0.25) is 5.02 Å². The molecule has 0 aliphatic rings. The fraction of sp³-hybridized carbons (Fsp3) is 0.211. The van der Waals surface area contributed by atoms with E-state index in [1.165, 1.54) is 17.4 Å². The number of benzene rings is 1. The normalized spacial score (nSPS) is 10.7. The quantitative estimate of drug-likeness (QED) is 0.564. The largest absolute Gasteiger partial charge is 0.440 e. The van der Waals surface area contributed by atoms with Crippen molar-refractivity contribution in [1.29, 1.82) is 0 Å². The predicted octanol–water partition coefficient (Wildman–Crippen LogP) is 3.99. The van der Waals surface area contributed by atoms with Gasteiger partial charge in [0.05, 0.1) is 22.1 Å². The summed E-state index contributed by atoms with van der Waals surface area (Å²) in [7, 11) is 1.55. The zero-order valence-electron chi connectivity index (χ0n) is 15.2. The molecule has 0 bridgehead atoms. The number of nitrogens with one attached hydrogen (secondary N) is 2. The smallest absolute Gasteiger partial charge is 0.277 e. The Morgan fingerprint density at radius 2 is 2.11 bits per heavy atom. The highest BCUT2D eigenvalue weighted by molar-refractivity contribution is 7.13. The van der Waals surface area contributed by atoms with E-state index >= 15 is 0 Å². The first-order valence-electron chi connectivity index (χ1n) is 8.39. The number of halogens is 1. The third-order valence-corrected chi connectivity index (χ3v) is 4.98. The fourth-order valence-corrected chi connectivity index (χ4v) is 3.36. The zero-order chi connectivity index (χ0) is 20.1. The molecule has 7 nitrogen and oxygen atoms in total. The minimum Gasteiger partial charge on any atom is -0.440 e. The molecule has 1 aromatic carbocycles. The van der Waals surface area contributed by atoms with E-state index in [1.807, 2.05) is 17.5 Å². The molecular formula is C19H18ClN3O4S. The molecule has 2 amide bonds. The van der Waals surface area contributed by atoms with Crippen molar-refractivity contribution in [1.82, 2.24) is 10.3 Å². The van der Waals surface area contributed by atoms with Gasteiger partial charge in [0.1, 0.15) is 5.76 Å². The SMILES string of the molecule is COCCNC(=O)c1ccc(NC(=O)c2nc(-c3cccs3)oc2C)cc1Cl. The van der Waals surface area contributed by atoms with Crippen molar-refractivity contribution >= 4 is 40.4 Å². The summed E-state index contributed by atoms with van der Waals surface area (Å²) in [5.41, 5.74) is 0.956. The second-order valence-electron chi connectivity index (χ2n) is 5.80. The molecule has 0 unspecified atom stereocenters. The number of nitrogens with zero attached hydrogens (tertiary/aromatic N) is 1. The van der Waals surface area contributed by atoms with Gasteiger partial charge in [-0.15, -0.1) is 11.3 Å². The van der Waals surface area contributed by atoms with Crippen molar-refractivity contribution in [2.45, 2.75) is 6.92 Å². The average molecular weight is 420 g/mol. The van der Waals surface area contributed by atoms with Gasteiger partial charge in [-0.1, -0.05) is 17.7 Å². The number of carbonyl (C=O) groups is 2. The summed E-state index contributed by atoms with van der Waals surface area (Å²) in [6, 6.07) is 8.42. The minimum atomic E-state index is -0.419. The Balaban J connectivity index is 1.71. The number of oxazole rings is 1. The van der Waals surface area contributed by atoms with Gasteiger partial charge in [-0.05, 0) is 36.6 Å². The van der Waals surface area contributed by atoms with Crippen molar-refractivity contribution < 1.29 is 18.7 Å². The summed E-state index contributed by atoms with van der Waals surface area (Å²) in [4.78, 5) is 29.8. The van der Waals surface area contributed by atoms with Crippen LogP contribution in [0.15, 0.2) is 40.1 Å². The maximum absolute atomic E-state index is 12.6. The van der Waals surface area contributed by atoms with Gasteiger partial charge >= 0.3 is 0 Å². The first-order valence-corrected chi connectivity index (χ1v) is 9.64. The van der Waals surface area contributed by atoms with E-state index in [1.54, 1.807) is 26.2 Å². The maximum Gasteiger partial charge on any atom is 0.277 e. The summed E-state index contributed by atoms with van der Waals surface area (Å²) >= 11 is 7.67. The van der Waals surface area contributed by atoms with Crippen molar-refractivity contribution in [3.63, 3.8) is 0 Å². The van der Waals surface area contributed by atoms with Crippen LogP contribution >= 0.6 is 22.9 Å². The third-order valence-electron chi connectivity index (χ3n) is 3.81. The molecule has 0 aliphatic heterocycles. The number of aryl methyl sites for hydroxylation is 1. The van der Waals surface area contributed by atoms with Crippen LogP contribution in [0.25, 0.3) is 10.8 Å². The van der Waals surface area contributed by atoms with Gasteiger partial charge in [0.15, 0.2) is 5.69 Å². The molecule has 146 valence electrons. The van der Waals surface area contributed by atoms with Crippen molar-refractivity contribution in [2.75, 3.05) is 25.6 Å². The molecule has 0 radical (unpaired) electrons. The van der Waals surface area contributed by atoms with E-state index in [2.05, 4.69) is 15.6 Å². The molecule has 0 aliphatic carbocycles. The second-order valence-corrected chi connectivity index (χ2v) is 7.15. The standard InChI is InChI=1S/C19H18ClN3O4S/c1-11-16(23-19(27-11)15-4-3-9-28-15)18(25)22-12-5-6-13(14(20)10-12)17(24)21-7-8-26-2/h3-6,9-10H,7-8H2,1-2H3,(H,21,24)(H,22,25). The van der Waals surface area contributed by atoms with E-state index in [0.29, 0.717) is 36.1 Å². The number of hydrogen-bond donors (Lipinski definition) is 2. The van der Waals surface area contributed by atoms with Gasteiger partial charge in [0, 0.05) is 19.3 Å². The Hall–Kier alpha value is -2.68. The van der Waals surface area contributed by atoms with Gasteiger partial charge in [-0.25, -0.2) is 4.98 Å². The molecule has 2 N–H and O–H groups in total. The molecule has 2 heterocycles. The van der Waals surface area contributed by atoms with Crippen LogP contribution in [-0.2, 0) is 4.74 Å². The lowest BCUT2D eigenvalue weighted by Crippen LogP contribution is -2.27. The van der Waals surface area contributed by atoms with Crippen LogP contribution in [0.3, 0.4) is 0 Å². The van der Waals surface area contributed by atoms with Crippen LogP contribution in [-0.4, -0.2) is 37.1 Å². The number of thiophene rings is 1. The van der Waals surface area contributed by atoms with Gasteiger partial charge in [0.2, 0.25) is 5.89 Å². The molecule has 28 heavy (non-hydrogen) atoms. The Bertz CT molecular complexity index is 985. The highest BCUT2D eigenvalue weighted by atomic mass is 35.5. The van der Waals surface area contributed by atoms with E-state index in [9.17, 15) is 9.59 Å². The molecule has 2 aromatic heterocycles. The minimum absolute atomic E-state index is 0.195. The van der Waals surface area contributed by atoms with E-state index in [0.717, 1.165) is 4.88 Å². The molecular weight excluding hydrogens is 402 g/mol. The topological polar surface area (TPSA) is 93.5 Å².